The number of likely N-dealkylation sites (N-methyl/N-ethyl adjacent to an activating group) is 1. The van der Waals surface area contributed by atoms with Crippen molar-refractivity contribution in [3.8, 4) is 0 Å². The zero-order chi connectivity index (χ0) is 13.0. The van der Waals surface area contributed by atoms with Gasteiger partial charge in [0.05, 0.1) is 6.33 Å². The third-order valence-electron chi connectivity index (χ3n) is 3.31. The summed E-state index contributed by atoms with van der Waals surface area (Å²) >= 11 is 2.07. The third kappa shape index (κ3) is 3.23. The summed E-state index contributed by atoms with van der Waals surface area (Å²) in [4.78, 5) is 20.7. The normalized spacial score (nSPS) is 19.8. The van der Waals surface area contributed by atoms with Crippen LogP contribution in [0, 0.1) is 3.57 Å². The van der Waals surface area contributed by atoms with Gasteiger partial charge in [-0.05, 0) is 48.9 Å². The Labute approximate surface area is 121 Å². The molecule has 0 aliphatic carbocycles. The van der Waals surface area contributed by atoms with Gasteiger partial charge in [0.2, 0.25) is 0 Å². The van der Waals surface area contributed by atoms with Crippen LogP contribution in [0.4, 0.5) is 5.82 Å². The van der Waals surface area contributed by atoms with Crippen LogP contribution in [0.25, 0.3) is 0 Å². The molecular weight excluding hydrogens is 343 g/mol. The summed E-state index contributed by atoms with van der Waals surface area (Å²) < 4.78 is 0.674. The first-order chi connectivity index (χ1) is 8.72. The molecule has 0 radical (unpaired) electrons. The molecule has 1 saturated heterocycles. The minimum absolute atomic E-state index is 0.0596. The van der Waals surface area contributed by atoms with Gasteiger partial charge in [0.15, 0.2) is 0 Å². The Morgan fingerprint density at radius 1 is 1.56 bits per heavy atom. The Hall–Kier alpha value is -0.630. The van der Waals surface area contributed by atoms with E-state index in [0.717, 1.165) is 25.5 Å². The summed E-state index contributed by atoms with van der Waals surface area (Å²) in [5.74, 6) is 0.800. The van der Waals surface area contributed by atoms with Crippen LogP contribution >= 0.6 is 22.6 Å². The molecule has 6 heteroatoms. The van der Waals surface area contributed by atoms with Crippen LogP contribution in [-0.2, 0) is 0 Å². The first kappa shape index (κ1) is 13.8. The standard InChI is InChI=1S/C12H19IN4O/c1-2-17(7-9-5-3-4-6-14-9)11-10(13)12(18)16-8-15-11/h8-9,14H,2-7H2,1H3,(H,15,16,18). The van der Waals surface area contributed by atoms with Crippen molar-refractivity contribution < 1.29 is 0 Å². The average Bonchev–Trinajstić information content (AvgIpc) is 2.41. The number of nitrogens with zero attached hydrogens (tertiary/aromatic N) is 2. The summed E-state index contributed by atoms with van der Waals surface area (Å²) in [6, 6.07) is 0.510. The van der Waals surface area contributed by atoms with E-state index in [1.807, 2.05) is 0 Å². The molecule has 0 bridgehead atoms. The van der Waals surface area contributed by atoms with Crippen LogP contribution in [0.2, 0.25) is 0 Å². The number of aromatic nitrogens is 2. The van der Waals surface area contributed by atoms with Crippen LogP contribution in [0.15, 0.2) is 11.1 Å². The van der Waals surface area contributed by atoms with Gasteiger partial charge in [-0.2, -0.15) is 0 Å². The lowest BCUT2D eigenvalue weighted by molar-refractivity contribution is 0.399. The number of nitrogens with one attached hydrogen (secondary N) is 2. The van der Waals surface area contributed by atoms with Crippen LogP contribution in [0.5, 0.6) is 0 Å². The fourth-order valence-corrected chi connectivity index (χ4v) is 2.94. The van der Waals surface area contributed by atoms with Gasteiger partial charge in [-0.25, -0.2) is 4.98 Å². The molecule has 1 unspecified atom stereocenters. The number of halogens is 1. The number of hydrogen-bond donors (Lipinski definition) is 2. The van der Waals surface area contributed by atoms with Gasteiger partial charge < -0.3 is 15.2 Å². The molecule has 2 rings (SSSR count). The van der Waals surface area contributed by atoms with E-state index in [4.69, 9.17) is 0 Å². The van der Waals surface area contributed by atoms with Crippen molar-refractivity contribution in [3.05, 3.63) is 20.3 Å². The van der Waals surface area contributed by atoms with Crippen LogP contribution in [0.3, 0.4) is 0 Å². The van der Waals surface area contributed by atoms with Gasteiger partial charge >= 0.3 is 0 Å². The maximum atomic E-state index is 11.6. The zero-order valence-electron chi connectivity index (χ0n) is 10.6. The number of piperidine rings is 1. The van der Waals surface area contributed by atoms with E-state index in [1.165, 1.54) is 25.6 Å². The molecule has 2 N–H and O–H groups in total. The SMILES string of the molecule is CCN(CC1CCCCN1)c1nc[nH]c(=O)c1I. The number of anilines is 1. The number of H-pyrrole nitrogens is 1. The molecule has 5 nitrogen and oxygen atoms in total. The van der Waals surface area contributed by atoms with Crippen molar-refractivity contribution in [2.75, 3.05) is 24.5 Å². The lowest BCUT2D eigenvalue weighted by Gasteiger charge is -2.30. The quantitative estimate of drug-likeness (QED) is 0.794. The number of rotatable bonds is 4. The summed E-state index contributed by atoms with van der Waals surface area (Å²) in [5.41, 5.74) is -0.0596. The van der Waals surface area contributed by atoms with E-state index < -0.39 is 0 Å². The molecule has 18 heavy (non-hydrogen) atoms. The fraction of sp³-hybridized carbons (Fsp3) is 0.667. The van der Waals surface area contributed by atoms with E-state index in [1.54, 1.807) is 0 Å². The highest BCUT2D eigenvalue weighted by Gasteiger charge is 2.19. The van der Waals surface area contributed by atoms with Gasteiger partial charge in [0.25, 0.3) is 5.56 Å². The Bertz CT molecular complexity index is 442. The van der Waals surface area contributed by atoms with Gasteiger partial charge in [-0.15, -0.1) is 0 Å². The molecule has 100 valence electrons. The highest BCUT2D eigenvalue weighted by molar-refractivity contribution is 14.1. The molecule has 0 spiro atoms. The molecule has 1 aliphatic rings. The largest absolute Gasteiger partial charge is 0.354 e. The van der Waals surface area contributed by atoms with Crippen LogP contribution in [-0.4, -0.2) is 35.6 Å². The lowest BCUT2D eigenvalue weighted by Crippen LogP contribution is -2.44. The molecule has 0 saturated carbocycles. The molecule has 1 aromatic heterocycles. The minimum Gasteiger partial charge on any atom is -0.354 e. The monoisotopic (exact) mass is 362 g/mol. The summed E-state index contributed by atoms with van der Waals surface area (Å²) in [5, 5.41) is 3.53. The Balaban J connectivity index is 2.12. The van der Waals surface area contributed by atoms with Gasteiger partial charge in [-0.1, -0.05) is 6.42 Å². The van der Waals surface area contributed by atoms with Gasteiger partial charge in [0.1, 0.15) is 9.39 Å². The molecule has 1 aliphatic heterocycles. The molecule has 0 amide bonds. The lowest BCUT2D eigenvalue weighted by atomic mass is 10.0. The van der Waals surface area contributed by atoms with Crippen molar-refractivity contribution in [1.82, 2.24) is 15.3 Å². The second kappa shape index (κ2) is 6.51. The Morgan fingerprint density at radius 2 is 2.39 bits per heavy atom. The summed E-state index contributed by atoms with van der Waals surface area (Å²) in [6.45, 7) is 4.98. The third-order valence-corrected chi connectivity index (χ3v) is 4.28. The molecule has 1 aromatic rings. The average molecular weight is 362 g/mol. The van der Waals surface area contributed by atoms with E-state index in [9.17, 15) is 4.79 Å². The number of aromatic amines is 1. The first-order valence-electron chi connectivity index (χ1n) is 6.44. The second-order valence-corrected chi connectivity index (χ2v) is 5.63. The Kier molecular flexibility index (Phi) is 4.99. The van der Waals surface area contributed by atoms with Crippen molar-refractivity contribution in [2.24, 2.45) is 0 Å². The molecule has 0 aromatic carbocycles. The van der Waals surface area contributed by atoms with Crippen LogP contribution < -0.4 is 15.8 Å². The van der Waals surface area contributed by atoms with Crippen molar-refractivity contribution in [1.29, 1.82) is 0 Å². The molecule has 2 heterocycles. The highest BCUT2D eigenvalue weighted by Crippen LogP contribution is 2.17. The zero-order valence-corrected chi connectivity index (χ0v) is 12.7. The fourth-order valence-electron chi connectivity index (χ4n) is 2.31. The molecular formula is C12H19IN4O. The van der Waals surface area contributed by atoms with Gasteiger partial charge in [0, 0.05) is 19.1 Å². The predicted molar refractivity (Wildman–Crippen MR) is 81.1 cm³/mol. The maximum Gasteiger partial charge on any atom is 0.266 e. The van der Waals surface area contributed by atoms with E-state index in [0.29, 0.717) is 9.61 Å². The topological polar surface area (TPSA) is 61.0 Å². The van der Waals surface area contributed by atoms with E-state index in [2.05, 4.69) is 49.7 Å². The summed E-state index contributed by atoms with van der Waals surface area (Å²) in [7, 11) is 0. The van der Waals surface area contributed by atoms with E-state index >= 15 is 0 Å². The van der Waals surface area contributed by atoms with Crippen LogP contribution in [0.1, 0.15) is 26.2 Å². The number of hydrogen-bond acceptors (Lipinski definition) is 4. The first-order valence-corrected chi connectivity index (χ1v) is 7.51. The minimum atomic E-state index is -0.0596. The molecule has 1 atom stereocenters. The second-order valence-electron chi connectivity index (χ2n) is 4.55. The highest BCUT2D eigenvalue weighted by atomic mass is 127. The summed E-state index contributed by atoms with van der Waals surface area (Å²) in [6.07, 6.45) is 5.24. The van der Waals surface area contributed by atoms with E-state index in [-0.39, 0.29) is 5.56 Å². The van der Waals surface area contributed by atoms with Crippen molar-refractivity contribution in [3.63, 3.8) is 0 Å². The predicted octanol–water partition coefficient (Wildman–Crippen LogP) is 1.34. The van der Waals surface area contributed by atoms with Crippen molar-refractivity contribution >= 4 is 28.4 Å². The van der Waals surface area contributed by atoms with Gasteiger partial charge in [-0.3, -0.25) is 4.79 Å². The Morgan fingerprint density at radius 3 is 3.06 bits per heavy atom. The smallest absolute Gasteiger partial charge is 0.266 e. The maximum absolute atomic E-state index is 11.6. The molecule has 1 fully saturated rings. The van der Waals surface area contributed by atoms with Crippen molar-refractivity contribution in [2.45, 2.75) is 32.2 Å².